The second-order valence-corrected chi connectivity index (χ2v) is 3.30. The van der Waals surface area contributed by atoms with Crippen molar-refractivity contribution >= 4 is 11.6 Å². The van der Waals surface area contributed by atoms with Gasteiger partial charge in [-0.05, 0) is 18.1 Å². The molecule has 0 bridgehead atoms. The Kier molecular flexibility index (Phi) is 1.59. The number of halogens is 1. The maximum absolute atomic E-state index is 5.75. The highest BCUT2D eigenvalue weighted by Crippen LogP contribution is 2.20. The minimum atomic E-state index is 0.246. The Morgan fingerprint density at radius 3 is 3.09 bits per heavy atom. The molecule has 11 heavy (non-hydrogen) atoms. The minimum Gasteiger partial charge on any atom is -0.327 e. The molecule has 2 nitrogen and oxygen atoms in total. The van der Waals surface area contributed by atoms with Gasteiger partial charge in [0.2, 0.25) is 0 Å². The summed E-state index contributed by atoms with van der Waals surface area (Å²) < 4.78 is 0. The van der Waals surface area contributed by atoms with Gasteiger partial charge in [0.15, 0.2) is 0 Å². The molecule has 58 valence electrons. The van der Waals surface area contributed by atoms with E-state index in [4.69, 9.17) is 17.3 Å². The molecule has 0 saturated carbocycles. The van der Waals surface area contributed by atoms with Crippen molar-refractivity contribution in [3.8, 4) is 0 Å². The highest BCUT2D eigenvalue weighted by Gasteiger charge is 2.18. The largest absolute Gasteiger partial charge is 0.327 e. The Morgan fingerprint density at radius 1 is 1.45 bits per heavy atom. The molecule has 1 unspecified atom stereocenters. The maximum atomic E-state index is 5.75. The van der Waals surface area contributed by atoms with E-state index in [1.807, 2.05) is 12.1 Å². The molecule has 1 aromatic heterocycles. The topological polar surface area (TPSA) is 38.9 Å². The van der Waals surface area contributed by atoms with Crippen LogP contribution in [0.5, 0.6) is 0 Å². The van der Waals surface area contributed by atoms with Crippen molar-refractivity contribution in [2.45, 2.75) is 18.9 Å². The highest BCUT2D eigenvalue weighted by atomic mass is 35.5. The fraction of sp³-hybridized carbons (Fsp3) is 0.375. The van der Waals surface area contributed by atoms with Crippen LogP contribution in [0.1, 0.15) is 11.3 Å². The summed E-state index contributed by atoms with van der Waals surface area (Å²) in [6.07, 6.45) is 1.81. The Hall–Kier alpha value is -0.600. The van der Waals surface area contributed by atoms with Crippen molar-refractivity contribution in [2.75, 3.05) is 0 Å². The molecule has 0 spiro atoms. The first-order valence-electron chi connectivity index (χ1n) is 3.65. The van der Waals surface area contributed by atoms with Gasteiger partial charge in [-0.1, -0.05) is 17.7 Å². The number of hydrogen-bond donors (Lipinski definition) is 1. The first-order valence-corrected chi connectivity index (χ1v) is 4.03. The van der Waals surface area contributed by atoms with Crippen LogP contribution in [-0.4, -0.2) is 11.0 Å². The average molecular weight is 169 g/mol. The molecule has 3 heteroatoms. The smallest absolute Gasteiger partial charge is 0.129 e. The van der Waals surface area contributed by atoms with E-state index in [-0.39, 0.29) is 6.04 Å². The second kappa shape index (κ2) is 2.47. The van der Waals surface area contributed by atoms with Gasteiger partial charge >= 0.3 is 0 Å². The van der Waals surface area contributed by atoms with Crippen molar-refractivity contribution < 1.29 is 0 Å². The van der Waals surface area contributed by atoms with Crippen LogP contribution in [0, 0.1) is 0 Å². The summed E-state index contributed by atoms with van der Waals surface area (Å²) in [7, 11) is 0. The van der Waals surface area contributed by atoms with E-state index in [1.165, 1.54) is 5.56 Å². The van der Waals surface area contributed by atoms with E-state index in [2.05, 4.69) is 4.98 Å². The van der Waals surface area contributed by atoms with Gasteiger partial charge in [0.1, 0.15) is 5.15 Å². The zero-order valence-corrected chi connectivity index (χ0v) is 6.80. The summed E-state index contributed by atoms with van der Waals surface area (Å²) in [5.41, 5.74) is 8.08. The highest BCUT2D eigenvalue weighted by molar-refractivity contribution is 6.29. The number of fused-ring (bicyclic) bond motifs is 1. The first kappa shape index (κ1) is 7.07. The lowest BCUT2D eigenvalue weighted by Crippen LogP contribution is -2.19. The van der Waals surface area contributed by atoms with Crippen molar-refractivity contribution in [2.24, 2.45) is 5.73 Å². The van der Waals surface area contributed by atoms with Crippen LogP contribution < -0.4 is 5.73 Å². The zero-order chi connectivity index (χ0) is 7.84. The fourth-order valence-electron chi connectivity index (χ4n) is 1.47. The average Bonchev–Trinajstić information content (AvgIpc) is 2.27. The lowest BCUT2D eigenvalue weighted by atomic mass is 10.2. The lowest BCUT2D eigenvalue weighted by molar-refractivity contribution is 0.716. The van der Waals surface area contributed by atoms with Crippen molar-refractivity contribution in [1.82, 2.24) is 4.98 Å². The Morgan fingerprint density at radius 2 is 2.27 bits per heavy atom. The molecule has 0 saturated heterocycles. The lowest BCUT2D eigenvalue weighted by Gasteiger charge is -1.95. The predicted molar refractivity (Wildman–Crippen MR) is 44.6 cm³/mol. The number of rotatable bonds is 0. The molecule has 2 rings (SSSR count). The Labute approximate surface area is 70.4 Å². The molecule has 0 radical (unpaired) electrons. The molecule has 1 aliphatic carbocycles. The van der Waals surface area contributed by atoms with Gasteiger partial charge in [-0.2, -0.15) is 0 Å². The molecule has 1 atom stereocenters. The Balaban J connectivity index is 2.43. The van der Waals surface area contributed by atoms with Crippen molar-refractivity contribution in [1.29, 1.82) is 0 Å². The molecule has 1 aromatic rings. The Bertz CT molecular complexity index is 285. The van der Waals surface area contributed by atoms with Gasteiger partial charge in [0.25, 0.3) is 0 Å². The van der Waals surface area contributed by atoms with Gasteiger partial charge < -0.3 is 5.73 Å². The number of aromatic nitrogens is 1. The summed E-state index contributed by atoms with van der Waals surface area (Å²) in [5, 5.41) is 0.567. The summed E-state index contributed by atoms with van der Waals surface area (Å²) in [6.45, 7) is 0. The number of pyridine rings is 1. The van der Waals surface area contributed by atoms with Crippen LogP contribution in [0.25, 0.3) is 0 Å². The van der Waals surface area contributed by atoms with E-state index in [0.29, 0.717) is 5.15 Å². The summed E-state index contributed by atoms with van der Waals surface area (Å²) in [5.74, 6) is 0. The van der Waals surface area contributed by atoms with Gasteiger partial charge in [-0.25, -0.2) is 4.98 Å². The van der Waals surface area contributed by atoms with Crippen LogP contribution in [-0.2, 0) is 12.8 Å². The third kappa shape index (κ3) is 1.24. The standard InChI is InChI=1S/C8H9ClN2/c9-8-2-1-5-3-6(10)4-7(5)11-8/h1-2,6H,3-4,10H2. The molecule has 0 aliphatic heterocycles. The second-order valence-electron chi connectivity index (χ2n) is 2.91. The molecular formula is C8H9ClN2. The monoisotopic (exact) mass is 168 g/mol. The van der Waals surface area contributed by atoms with E-state index < -0.39 is 0 Å². The summed E-state index contributed by atoms with van der Waals surface area (Å²) in [6, 6.07) is 4.08. The third-order valence-corrected chi connectivity index (χ3v) is 2.18. The van der Waals surface area contributed by atoms with Crippen LogP contribution in [0.15, 0.2) is 12.1 Å². The number of hydrogen-bond acceptors (Lipinski definition) is 2. The van der Waals surface area contributed by atoms with Crippen LogP contribution in [0.3, 0.4) is 0 Å². The van der Waals surface area contributed by atoms with Crippen molar-refractivity contribution in [3.05, 3.63) is 28.5 Å². The summed E-state index contributed by atoms with van der Waals surface area (Å²) >= 11 is 5.72. The van der Waals surface area contributed by atoms with Crippen LogP contribution in [0.4, 0.5) is 0 Å². The van der Waals surface area contributed by atoms with Gasteiger partial charge in [0.05, 0.1) is 0 Å². The van der Waals surface area contributed by atoms with Crippen LogP contribution >= 0.6 is 11.6 Å². The molecule has 0 fully saturated rings. The fourth-order valence-corrected chi connectivity index (χ4v) is 1.63. The molecule has 0 aromatic carbocycles. The van der Waals surface area contributed by atoms with E-state index in [1.54, 1.807) is 0 Å². The third-order valence-electron chi connectivity index (χ3n) is 1.97. The van der Waals surface area contributed by atoms with Gasteiger partial charge in [0, 0.05) is 18.2 Å². The molecule has 2 N–H and O–H groups in total. The van der Waals surface area contributed by atoms with E-state index in [0.717, 1.165) is 18.5 Å². The van der Waals surface area contributed by atoms with Gasteiger partial charge in [-0.15, -0.1) is 0 Å². The summed E-state index contributed by atoms with van der Waals surface area (Å²) in [4.78, 5) is 4.19. The minimum absolute atomic E-state index is 0.246. The molecule has 1 aliphatic rings. The number of nitrogens with two attached hydrogens (primary N) is 1. The quantitative estimate of drug-likeness (QED) is 0.591. The number of nitrogens with zero attached hydrogens (tertiary/aromatic N) is 1. The first-order chi connectivity index (χ1) is 5.25. The zero-order valence-electron chi connectivity index (χ0n) is 6.05. The molecule has 0 amide bonds. The molecular weight excluding hydrogens is 160 g/mol. The van der Waals surface area contributed by atoms with E-state index >= 15 is 0 Å². The van der Waals surface area contributed by atoms with E-state index in [9.17, 15) is 0 Å². The normalized spacial score (nSPS) is 21.8. The molecule has 1 heterocycles. The van der Waals surface area contributed by atoms with Gasteiger partial charge in [-0.3, -0.25) is 0 Å². The maximum Gasteiger partial charge on any atom is 0.129 e. The predicted octanol–water partition coefficient (Wildman–Crippen LogP) is 1.16. The van der Waals surface area contributed by atoms with Crippen molar-refractivity contribution in [3.63, 3.8) is 0 Å². The SMILES string of the molecule is NC1Cc2ccc(Cl)nc2C1. The van der Waals surface area contributed by atoms with Crippen LogP contribution in [0.2, 0.25) is 5.15 Å².